The first-order valence-electron chi connectivity index (χ1n) is 6.74. The molecule has 9 heteroatoms. The number of hydrogen-bond acceptors (Lipinski definition) is 6. The molecule has 0 spiro atoms. The number of aliphatic hydroxyl groups is 1. The van der Waals surface area contributed by atoms with Gasteiger partial charge in [-0.05, 0) is 24.3 Å². The molecule has 3 N–H and O–H groups in total. The first-order valence-corrected chi connectivity index (χ1v) is 7.54. The lowest BCUT2D eigenvalue weighted by atomic mass is 10.3. The van der Waals surface area contributed by atoms with E-state index in [0.717, 1.165) is 21.2 Å². The zero-order valence-electron chi connectivity index (χ0n) is 12.3. The summed E-state index contributed by atoms with van der Waals surface area (Å²) in [4.78, 5) is 8.95. The Morgan fingerprint density at radius 1 is 1.22 bits per heavy atom. The molecule has 7 nitrogen and oxygen atoms in total. The van der Waals surface area contributed by atoms with Crippen molar-refractivity contribution in [3.05, 3.63) is 34.9 Å². The number of aliphatic hydroxyl groups excluding tert-OH is 1. The number of halogens is 2. The maximum absolute atomic E-state index is 8.99. The molecule has 0 aliphatic rings. The molecule has 0 fully saturated rings. The van der Waals surface area contributed by atoms with E-state index >= 15 is 0 Å². The minimum atomic E-state index is 0. The Kier molecular flexibility index (Phi) is 5.75. The van der Waals surface area contributed by atoms with Crippen LogP contribution in [0.25, 0.3) is 11.0 Å². The molecule has 23 heavy (non-hydrogen) atoms. The van der Waals surface area contributed by atoms with Gasteiger partial charge in [-0.2, -0.15) is 15.1 Å². The molecule has 3 rings (SSSR count). The fourth-order valence-electron chi connectivity index (χ4n) is 2.05. The number of fused-ring (bicyclic) bond motifs is 1. The van der Waals surface area contributed by atoms with Gasteiger partial charge in [-0.1, -0.05) is 15.9 Å². The highest BCUT2D eigenvalue weighted by molar-refractivity contribution is 9.10. The quantitative estimate of drug-likeness (QED) is 0.611. The molecule has 1 aromatic carbocycles. The number of nitrogens with zero attached hydrogens (tertiary/aromatic N) is 4. The van der Waals surface area contributed by atoms with Gasteiger partial charge in [-0.25, -0.2) is 0 Å². The van der Waals surface area contributed by atoms with Crippen molar-refractivity contribution in [2.24, 2.45) is 7.05 Å². The second kappa shape index (κ2) is 7.58. The number of nitrogens with one attached hydrogen (secondary N) is 2. The van der Waals surface area contributed by atoms with E-state index in [9.17, 15) is 0 Å². The Bertz CT molecular complexity index is 792. The molecule has 0 saturated heterocycles. The maximum atomic E-state index is 8.99. The molecule has 0 atom stereocenters. The molecule has 0 amide bonds. The average Bonchev–Trinajstić information content (AvgIpc) is 2.89. The summed E-state index contributed by atoms with van der Waals surface area (Å²) in [5.74, 6) is 1.12. The van der Waals surface area contributed by atoms with Crippen LogP contribution in [0, 0.1) is 0 Å². The van der Waals surface area contributed by atoms with Crippen LogP contribution in [0.2, 0.25) is 0 Å². The number of hydrogen-bond donors (Lipinski definition) is 3. The Labute approximate surface area is 147 Å². The van der Waals surface area contributed by atoms with Crippen LogP contribution in [0.3, 0.4) is 0 Å². The first kappa shape index (κ1) is 17.5. The smallest absolute Gasteiger partial charge is 0.231 e. The van der Waals surface area contributed by atoms with Crippen LogP contribution < -0.4 is 10.6 Å². The molecule has 0 bridgehead atoms. The van der Waals surface area contributed by atoms with Gasteiger partial charge in [0.15, 0.2) is 5.65 Å². The van der Waals surface area contributed by atoms with Gasteiger partial charge in [0.2, 0.25) is 5.95 Å². The van der Waals surface area contributed by atoms with Gasteiger partial charge >= 0.3 is 0 Å². The van der Waals surface area contributed by atoms with E-state index in [0.29, 0.717) is 18.3 Å². The van der Waals surface area contributed by atoms with Crippen molar-refractivity contribution >= 4 is 56.8 Å². The van der Waals surface area contributed by atoms with Crippen molar-refractivity contribution in [1.29, 1.82) is 0 Å². The van der Waals surface area contributed by atoms with Crippen LogP contribution in [0.15, 0.2) is 34.9 Å². The lowest BCUT2D eigenvalue weighted by Crippen LogP contribution is -2.09. The summed E-state index contributed by atoms with van der Waals surface area (Å²) in [6.07, 6.45) is 1.71. The SMILES string of the molecule is Cl.Cn1ncc2c(NCCO)nc(Nc3ccc(Br)cc3)nc21. The van der Waals surface area contributed by atoms with Crippen molar-refractivity contribution in [2.45, 2.75) is 0 Å². The van der Waals surface area contributed by atoms with Crippen LogP contribution in [-0.4, -0.2) is 38.0 Å². The largest absolute Gasteiger partial charge is 0.395 e. The molecule has 0 saturated carbocycles. The van der Waals surface area contributed by atoms with E-state index in [-0.39, 0.29) is 19.0 Å². The minimum absolute atomic E-state index is 0. The average molecular weight is 400 g/mol. The van der Waals surface area contributed by atoms with Gasteiger partial charge in [0.25, 0.3) is 0 Å². The monoisotopic (exact) mass is 398 g/mol. The highest BCUT2D eigenvalue weighted by Gasteiger charge is 2.11. The summed E-state index contributed by atoms with van der Waals surface area (Å²) in [7, 11) is 1.83. The Morgan fingerprint density at radius 3 is 2.65 bits per heavy atom. The molecular weight excluding hydrogens is 384 g/mol. The van der Waals surface area contributed by atoms with Crippen LogP contribution in [0.1, 0.15) is 0 Å². The second-order valence-corrected chi connectivity index (χ2v) is 5.60. The number of anilines is 3. The third-order valence-corrected chi connectivity index (χ3v) is 3.63. The number of aryl methyl sites for hydroxylation is 1. The Balaban J connectivity index is 0.00000192. The second-order valence-electron chi connectivity index (χ2n) is 4.68. The first-order chi connectivity index (χ1) is 10.7. The van der Waals surface area contributed by atoms with Crippen molar-refractivity contribution in [1.82, 2.24) is 19.7 Å². The van der Waals surface area contributed by atoms with Crippen LogP contribution in [0.4, 0.5) is 17.5 Å². The minimum Gasteiger partial charge on any atom is -0.395 e. The summed E-state index contributed by atoms with van der Waals surface area (Å²) in [6.45, 7) is 0.444. The van der Waals surface area contributed by atoms with Crippen molar-refractivity contribution in [3.8, 4) is 0 Å². The van der Waals surface area contributed by atoms with Crippen LogP contribution in [-0.2, 0) is 7.05 Å². The van der Waals surface area contributed by atoms with Crippen molar-refractivity contribution in [2.75, 3.05) is 23.8 Å². The van der Waals surface area contributed by atoms with Gasteiger partial charge in [-0.15, -0.1) is 12.4 Å². The molecule has 0 unspecified atom stereocenters. The number of benzene rings is 1. The number of rotatable bonds is 5. The third-order valence-electron chi connectivity index (χ3n) is 3.10. The normalized spacial score (nSPS) is 10.4. The van der Waals surface area contributed by atoms with E-state index in [1.165, 1.54) is 0 Å². The highest BCUT2D eigenvalue weighted by atomic mass is 79.9. The van der Waals surface area contributed by atoms with Crippen molar-refractivity contribution < 1.29 is 5.11 Å². The summed E-state index contributed by atoms with van der Waals surface area (Å²) in [6, 6.07) is 7.75. The Hall–Kier alpha value is -1.90. The molecule has 122 valence electrons. The zero-order valence-corrected chi connectivity index (χ0v) is 14.7. The molecule has 3 aromatic rings. The van der Waals surface area contributed by atoms with Crippen LogP contribution >= 0.6 is 28.3 Å². The van der Waals surface area contributed by atoms with E-state index in [1.54, 1.807) is 10.9 Å². The molecule has 2 aromatic heterocycles. The van der Waals surface area contributed by atoms with Crippen molar-refractivity contribution in [3.63, 3.8) is 0 Å². The summed E-state index contributed by atoms with van der Waals surface area (Å²) in [5, 5.41) is 20.3. The predicted molar refractivity (Wildman–Crippen MR) is 96.6 cm³/mol. The lowest BCUT2D eigenvalue weighted by molar-refractivity contribution is 0.311. The van der Waals surface area contributed by atoms with Gasteiger partial charge in [-0.3, -0.25) is 4.68 Å². The molecule has 0 radical (unpaired) electrons. The maximum Gasteiger partial charge on any atom is 0.231 e. The van der Waals surface area contributed by atoms with E-state index in [2.05, 4.69) is 41.6 Å². The third kappa shape index (κ3) is 3.90. The standard InChI is InChI=1S/C14H15BrN6O.ClH/c1-21-13-11(8-17-21)12(16-6-7-22)19-14(20-13)18-10-4-2-9(15)3-5-10;/h2-5,8,22H,6-7H2,1H3,(H2,16,18,19,20);1H. The molecule has 2 heterocycles. The summed E-state index contributed by atoms with van der Waals surface area (Å²) in [5.41, 5.74) is 1.60. The van der Waals surface area contributed by atoms with Crippen LogP contribution in [0.5, 0.6) is 0 Å². The summed E-state index contributed by atoms with van der Waals surface area (Å²) < 4.78 is 2.69. The van der Waals surface area contributed by atoms with Gasteiger partial charge in [0.05, 0.1) is 18.2 Å². The molecule has 0 aliphatic heterocycles. The predicted octanol–water partition coefficient (Wildman–Crippen LogP) is 2.70. The van der Waals surface area contributed by atoms with E-state index < -0.39 is 0 Å². The Morgan fingerprint density at radius 2 is 1.96 bits per heavy atom. The van der Waals surface area contributed by atoms with E-state index in [1.807, 2.05) is 31.3 Å². The van der Waals surface area contributed by atoms with Gasteiger partial charge in [0, 0.05) is 23.8 Å². The molecule has 0 aliphatic carbocycles. The molecular formula is C14H16BrClN6O. The number of aromatic nitrogens is 4. The van der Waals surface area contributed by atoms with Gasteiger partial charge < -0.3 is 15.7 Å². The topological polar surface area (TPSA) is 87.9 Å². The highest BCUT2D eigenvalue weighted by Crippen LogP contribution is 2.23. The fraction of sp³-hybridized carbons (Fsp3) is 0.214. The lowest BCUT2D eigenvalue weighted by Gasteiger charge is -2.09. The van der Waals surface area contributed by atoms with E-state index in [4.69, 9.17) is 5.11 Å². The zero-order chi connectivity index (χ0) is 15.5. The summed E-state index contributed by atoms with van der Waals surface area (Å²) >= 11 is 3.40. The fourth-order valence-corrected chi connectivity index (χ4v) is 2.31. The van der Waals surface area contributed by atoms with Gasteiger partial charge in [0.1, 0.15) is 5.82 Å².